The highest BCUT2D eigenvalue weighted by Crippen LogP contribution is 2.38. The van der Waals surface area contributed by atoms with Crippen LogP contribution < -0.4 is 34.8 Å². The van der Waals surface area contributed by atoms with Crippen LogP contribution in [0, 0.1) is 0 Å². The third-order valence-electron chi connectivity index (χ3n) is 7.60. The van der Waals surface area contributed by atoms with E-state index in [9.17, 15) is 4.79 Å². The van der Waals surface area contributed by atoms with Crippen LogP contribution in [0.15, 0.2) is 55.4 Å². The van der Waals surface area contributed by atoms with Crippen LogP contribution in [0.25, 0.3) is 6.08 Å². The summed E-state index contributed by atoms with van der Waals surface area (Å²) in [5.41, 5.74) is 4.23. The van der Waals surface area contributed by atoms with Gasteiger partial charge in [0.05, 0.1) is 49.1 Å². The number of ether oxygens (including phenoxy) is 2. The molecule has 3 aromatic rings. The first-order valence-corrected chi connectivity index (χ1v) is 14.6. The van der Waals surface area contributed by atoms with Crippen molar-refractivity contribution in [2.24, 2.45) is 0 Å². The highest BCUT2D eigenvalue weighted by atomic mass is 16.5. The Hall–Kier alpha value is -4.84. The molecule has 12 heteroatoms. The molecule has 12 nitrogen and oxygen atoms in total. The first kappa shape index (κ1) is 30.6. The fraction of sp³-hybridized carbons (Fsp3) is 0.375. The molecule has 5 rings (SSSR count). The van der Waals surface area contributed by atoms with Crippen LogP contribution in [0.1, 0.15) is 12.0 Å². The van der Waals surface area contributed by atoms with E-state index in [-0.39, 0.29) is 12.0 Å². The van der Waals surface area contributed by atoms with Crippen LogP contribution in [-0.4, -0.2) is 99.9 Å². The van der Waals surface area contributed by atoms with Gasteiger partial charge in [0.1, 0.15) is 17.7 Å². The van der Waals surface area contributed by atoms with Crippen LogP contribution >= 0.6 is 0 Å². The summed E-state index contributed by atoms with van der Waals surface area (Å²) in [7, 11) is 9.69. The molecule has 2 N–H and O–H groups in total. The Labute approximate surface area is 259 Å². The van der Waals surface area contributed by atoms with E-state index in [4.69, 9.17) is 14.5 Å². The first-order valence-electron chi connectivity index (χ1n) is 14.6. The maximum absolute atomic E-state index is 12.3. The van der Waals surface area contributed by atoms with Crippen molar-refractivity contribution in [3.05, 3.63) is 61.0 Å². The van der Waals surface area contributed by atoms with Crippen molar-refractivity contribution < 1.29 is 14.3 Å². The Morgan fingerprint density at radius 3 is 2.73 bits per heavy atom. The molecule has 232 valence electrons. The van der Waals surface area contributed by atoms with Gasteiger partial charge in [-0.25, -0.2) is 9.97 Å². The lowest BCUT2D eigenvalue weighted by molar-refractivity contribution is -0.111. The van der Waals surface area contributed by atoms with Gasteiger partial charge in [-0.2, -0.15) is 4.98 Å². The van der Waals surface area contributed by atoms with Gasteiger partial charge in [0, 0.05) is 57.6 Å². The zero-order valence-electron chi connectivity index (χ0n) is 26.1. The molecule has 0 spiro atoms. The van der Waals surface area contributed by atoms with Gasteiger partial charge in [-0.05, 0) is 38.7 Å². The van der Waals surface area contributed by atoms with Crippen LogP contribution in [0.2, 0.25) is 0 Å². The Kier molecular flexibility index (Phi) is 9.49. The van der Waals surface area contributed by atoms with Crippen molar-refractivity contribution in [3.63, 3.8) is 0 Å². The number of aromatic nitrogens is 3. The lowest BCUT2D eigenvalue weighted by Crippen LogP contribution is -2.54. The Morgan fingerprint density at radius 2 is 1.98 bits per heavy atom. The predicted octanol–water partition coefficient (Wildman–Crippen LogP) is 3.87. The number of pyridine rings is 1. The number of methoxy groups -OCH3 is 1. The summed E-state index contributed by atoms with van der Waals surface area (Å²) in [6, 6.07) is 7.62. The molecule has 1 fully saturated rings. The first-order chi connectivity index (χ1) is 21.2. The van der Waals surface area contributed by atoms with Crippen LogP contribution in [0.3, 0.4) is 0 Å². The van der Waals surface area contributed by atoms with Gasteiger partial charge >= 0.3 is 0 Å². The fourth-order valence-corrected chi connectivity index (χ4v) is 5.05. The van der Waals surface area contributed by atoms with Crippen LogP contribution in [0.4, 0.5) is 34.5 Å². The highest BCUT2D eigenvalue weighted by molar-refractivity contribution is 6.02. The number of hydrogen-bond donors (Lipinski definition) is 2. The van der Waals surface area contributed by atoms with E-state index in [0.29, 0.717) is 29.0 Å². The minimum atomic E-state index is -0.310. The van der Waals surface area contributed by atoms with Gasteiger partial charge in [0.15, 0.2) is 0 Å². The molecule has 1 aromatic carbocycles. The maximum Gasteiger partial charge on any atom is 0.247 e. The van der Waals surface area contributed by atoms with E-state index in [1.54, 1.807) is 19.4 Å². The zero-order chi connectivity index (χ0) is 31.2. The maximum atomic E-state index is 12.3. The van der Waals surface area contributed by atoms with E-state index in [0.717, 1.165) is 61.9 Å². The molecular weight excluding hydrogens is 558 g/mol. The fourth-order valence-electron chi connectivity index (χ4n) is 5.05. The second-order valence-corrected chi connectivity index (χ2v) is 11.2. The van der Waals surface area contributed by atoms with Gasteiger partial charge in [0.25, 0.3) is 0 Å². The third kappa shape index (κ3) is 7.20. The van der Waals surface area contributed by atoms with Crippen molar-refractivity contribution in [3.8, 4) is 11.6 Å². The Balaban J connectivity index is 1.27. The lowest BCUT2D eigenvalue weighted by Gasteiger charge is -2.40. The number of amides is 1. The second kappa shape index (κ2) is 13.6. The summed E-state index contributed by atoms with van der Waals surface area (Å²) in [5, 5.41) is 6.14. The Bertz CT molecular complexity index is 1520. The smallest absolute Gasteiger partial charge is 0.247 e. The molecule has 2 aliphatic rings. The molecule has 0 unspecified atom stereocenters. The monoisotopic (exact) mass is 599 g/mol. The van der Waals surface area contributed by atoms with Gasteiger partial charge < -0.3 is 39.7 Å². The molecule has 44 heavy (non-hydrogen) atoms. The standard InChI is InChI=1S/C32H41N9O3/c1-7-29(42)35-25-17-26(28(43-6)18-27(25)39(4)15-14-38(2)3)36-32-33-12-11-30(37-32)44-24-20-41(21-24)23-16-22-10-8-9-13-40(5)31(22)34-19-23/h7-8,10-12,16-19,24H,1,9,13-15,20-21H2,2-6H3,(H,35,42)(H,33,36,37). The quantitative estimate of drug-likeness (QED) is 0.296. The molecule has 0 radical (unpaired) electrons. The van der Waals surface area contributed by atoms with E-state index in [1.807, 2.05) is 39.5 Å². The summed E-state index contributed by atoms with van der Waals surface area (Å²) in [6.45, 7) is 7.60. The second-order valence-electron chi connectivity index (χ2n) is 11.2. The minimum absolute atomic E-state index is 0.0120. The van der Waals surface area contributed by atoms with E-state index in [1.165, 1.54) is 6.08 Å². The molecule has 4 heterocycles. The molecule has 2 aromatic heterocycles. The summed E-state index contributed by atoms with van der Waals surface area (Å²) in [6.07, 6.45) is 10.2. The number of nitrogens with one attached hydrogen (secondary N) is 2. The molecule has 0 atom stereocenters. The van der Waals surface area contributed by atoms with Crippen molar-refractivity contribution in [1.82, 2.24) is 19.9 Å². The van der Waals surface area contributed by atoms with E-state index >= 15 is 0 Å². The summed E-state index contributed by atoms with van der Waals surface area (Å²) in [5.74, 6) is 2.09. The normalized spacial score (nSPS) is 14.4. The number of anilines is 6. The van der Waals surface area contributed by atoms with Crippen molar-refractivity contribution in [1.29, 1.82) is 0 Å². The summed E-state index contributed by atoms with van der Waals surface area (Å²) < 4.78 is 11.9. The number of rotatable bonds is 12. The van der Waals surface area contributed by atoms with E-state index < -0.39 is 0 Å². The SMILES string of the molecule is C=CC(=O)Nc1cc(Nc2nccc(OC3CN(c4cnc5c(c4)C=CCCN5C)C3)n2)c(OC)cc1N(C)CCN(C)C. The largest absolute Gasteiger partial charge is 0.494 e. The number of fused-ring (bicyclic) bond motifs is 1. The molecular formula is C32H41N9O3. The summed E-state index contributed by atoms with van der Waals surface area (Å²) >= 11 is 0. The zero-order valence-corrected chi connectivity index (χ0v) is 26.1. The number of likely N-dealkylation sites (N-methyl/N-ethyl adjacent to an activating group) is 2. The van der Waals surface area contributed by atoms with E-state index in [2.05, 4.69) is 72.0 Å². The lowest BCUT2D eigenvalue weighted by atomic mass is 10.1. The van der Waals surface area contributed by atoms with Crippen molar-refractivity contribution in [2.75, 3.05) is 93.4 Å². The van der Waals surface area contributed by atoms with Gasteiger partial charge in [0.2, 0.25) is 17.7 Å². The molecule has 1 amide bonds. The summed E-state index contributed by atoms with van der Waals surface area (Å²) in [4.78, 5) is 34.6. The number of hydrogen-bond acceptors (Lipinski definition) is 11. The van der Waals surface area contributed by atoms with Gasteiger partial charge in [-0.3, -0.25) is 4.79 Å². The number of benzene rings is 1. The van der Waals surface area contributed by atoms with Crippen molar-refractivity contribution in [2.45, 2.75) is 12.5 Å². The topological polar surface area (TPSA) is 111 Å². The average Bonchev–Trinajstić information content (AvgIpc) is 3.18. The van der Waals surface area contributed by atoms with Gasteiger partial charge in [-0.1, -0.05) is 18.7 Å². The molecule has 1 saturated heterocycles. The molecule has 0 saturated carbocycles. The molecule has 2 aliphatic heterocycles. The minimum Gasteiger partial charge on any atom is -0.494 e. The number of carbonyl (C=O) groups excluding carboxylic acids is 1. The third-order valence-corrected chi connectivity index (χ3v) is 7.60. The number of carbonyl (C=O) groups is 1. The molecule has 0 aliphatic carbocycles. The number of nitrogens with zero attached hydrogens (tertiary/aromatic N) is 7. The Morgan fingerprint density at radius 1 is 1.16 bits per heavy atom. The van der Waals surface area contributed by atoms with Gasteiger partial charge in [-0.15, -0.1) is 0 Å². The highest BCUT2D eigenvalue weighted by Gasteiger charge is 2.30. The molecule has 0 bridgehead atoms. The van der Waals surface area contributed by atoms with Crippen LogP contribution in [0.5, 0.6) is 11.6 Å². The van der Waals surface area contributed by atoms with Crippen molar-refractivity contribution >= 4 is 46.5 Å². The predicted molar refractivity (Wildman–Crippen MR) is 177 cm³/mol. The van der Waals surface area contributed by atoms with Crippen LogP contribution in [-0.2, 0) is 4.79 Å². The average molecular weight is 600 g/mol.